The number of aromatic hydroxyl groups is 1. The second-order valence-electron chi connectivity index (χ2n) is 1.71. The Hall–Kier alpha value is -1.01. The number of aryl methyl sites for hydroxylation is 1. The van der Waals surface area contributed by atoms with Crippen molar-refractivity contribution in [2.75, 3.05) is 0 Å². The van der Waals surface area contributed by atoms with Gasteiger partial charge in [0.1, 0.15) is 16.7 Å². The Morgan fingerprint density at radius 1 is 1.78 bits per heavy atom. The maximum atomic E-state index is 9.03. The van der Waals surface area contributed by atoms with Crippen LogP contribution in [0.15, 0.2) is 5.38 Å². The molecule has 1 aromatic heterocycles. The molecule has 0 saturated heterocycles. The van der Waals surface area contributed by atoms with Crippen molar-refractivity contribution in [1.82, 2.24) is 0 Å². The molecular formula is C6H5NOS. The zero-order chi connectivity index (χ0) is 6.85. The summed E-state index contributed by atoms with van der Waals surface area (Å²) in [5, 5.41) is 19.1. The summed E-state index contributed by atoms with van der Waals surface area (Å²) in [7, 11) is 0. The number of nitrogens with zero attached hydrogens (tertiary/aromatic N) is 1. The highest BCUT2D eigenvalue weighted by Gasteiger charge is 2.03. The molecule has 0 fully saturated rings. The highest BCUT2D eigenvalue weighted by Crippen LogP contribution is 2.26. The number of hydrogen-bond donors (Lipinski definition) is 1. The Morgan fingerprint density at radius 3 is 2.67 bits per heavy atom. The van der Waals surface area contributed by atoms with E-state index in [-0.39, 0.29) is 5.75 Å². The second kappa shape index (κ2) is 2.08. The van der Waals surface area contributed by atoms with Gasteiger partial charge in [0.25, 0.3) is 0 Å². The van der Waals surface area contributed by atoms with Crippen molar-refractivity contribution in [3.8, 4) is 11.8 Å². The summed E-state index contributed by atoms with van der Waals surface area (Å²) in [6.45, 7) is 1.77. The van der Waals surface area contributed by atoms with E-state index in [0.717, 1.165) is 5.56 Å². The van der Waals surface area contributed by atoms with Gasteiger partial charge in [-0.3, -0.25) is 0 Å². The van der Waals surface area contributed by atoms with E-state index in [1.807, 2.05) is 6.07 Å². The van der Waals surface area contributed by atoms with Gasteiger partial charge in [-0.05, 0) is 12.3 Å². The Balaban J connectivity index is 3.24. The Morgan fingerprint density at radius 2 is 2.44 bits per heavy atom. The van der Waals surface area contributed by atoms with Crippen LogP contribution in [-0.4, -0.2) is 5.11 Å². The molecule has 0 saturated carbocycles. The molecule has 46 valence electrons. The maximum Gasteiger partial charge on any atom is 0.147 e. The van der Waals surface area contributed by atoms with Crippen molar-refractivity contribution >= 4 is 11.3 Å². The van der Waals surface area contributed by atoms with E-state index < -0.39 is 0 Å². The van der Waals surface area contributed by atoms with Crippen LogP contribution in [0.4, 0.5) is 0 Å². The molecule has 3 heteroatoms. The van der Waals surface area contributed by atoms with Gasteiger partial charge in [-0.1, -0.05) is 0 Å². The first kappa shape index (κ1) is 6.12. The van der Waals surface area contributed by atoms with Crippen LogP contribution in [0.2, 0.25) is 0 Å². The summed E-state index contributed by atoms with van der Waals surface area (Å²) < 4.78 is 0. The third kappa shape index (κ3) is 0.889. The normalized spacial score (nSPS) is 8.89. The van der Waals surface area contributed by atoms with Crippen LogP contribution in [-0.2, 0) is 0 Å². The number of nitriles is 1. The first-order chi connectivity index (χ1) is 4.25. The van der Waals surface area contributed by atoms with Gasteiger partial charge in [-0.2, -0.15) is 5.26 Å². The van der Waals surface area contributed by atoms with E-state index in [2.05, 4.69) is 0 Å². The van der Waals surface area contributed by atoms with E-state index in [1.54, 1.807) is 12.3 Å². The Labute approximate surface area is 57.0 Å². The number of thiophene rings is 1. The summed E-state index contributed by atoms with van der Waals surface area (Å²) in [4.78, 5) is 0.396. The first-order valence-corrected chi connectivity index (χ1v) is 3.31. The fourth-order valence-electron chi connectivity index (χ4n) is 0.517. The number of hydrogen-bond acceptors (Lipinski definition) is 3. The largest absolute Gasteiger partial charge is 0.505 e. The van der Waals surface area contributed by atoms with E-state index in [1.165, 1.54) is 11.3 Å². The molecule has 0 aliphatic heterocycles. The molecule has 0 atom stereocenters. The minimum absolute atomic E-state index is 0.127. The Kier molecular flexibility index (Phi) is 1.41. The molecule has 0 unspecified atom stereocenters. The molecule has 0 amide bonds. The van der Waals surface area contributed by atoms with Gasteiger partial charge in [0.2, 0.25) is 0 Å². The predicted molar refractivity (Wildman–Crippen MR) is 35.4 cm³/mol. The SMILES string of the molecule is Cc1csc(C#N)c1O. The summed E-state index contributed by atoms with van der Waals surface area (Å²) in [6.07, 6.45) is 0. The predicted octanol–water partition coefficient (Wildman–Crippen LogP) is 1.63. The van der Waals surface area contributed by atoms with Crippen LogP contribution in [0.25, 0.3) is 0 Å². The topological polar surface area (TPSA) is 44.0 Å². The summed E-state index contributed by atoms with van der Waals surface area (Å²) in [6, 6.07) is 1.88. The Bertz CT molecular complexity index is 259. The van der Waals surface area contributed by atoms with Crippen LogP contribution < -0.4 is 0 Å². The lowest BCUT2D eigenvalue weighted by molar-refractivity contribution is 0.472. The van der Waals surface area contributed by atoms with E-state index in [4.69, 9.17) is 10.4 Å². The molecule has 1 rings (SSSR count). The van der Waals surface area contributed by atoms with Crippen molar-refractivity contribution in [3.05, 3.63) is 15.8 Å². The van der Waals surface area contributed by atoms with Crippen LogP contribution in [0.3, 0.4) is 0 Å². The molecule has 1 heterocycles. The smallest absolute Gasteiger partial charge is 0.147 e. The van der Waals surface area contributed by atoms with Crippen molar-refractivity contribution in [2.24, 2.45) is 0 Å². The molecule has 0 aromatic carbocycles. The summed E-state index contributed by atoms with van der Waals surface area (Å²) in [5.41, 5.74) is 0.775. The van der Waals surface area contributed by atoms with Crippen molar-refractivity contribution in [3.63, 3.8) is 0 Å². The molecule has 0 spiro atoms. The third-order valence-corrected chi connectivity index (χ3v) is 2.04. The number of rotatable bonds is 0. The van der Waals surface area contributed by atoms with Crippen LogP contribution in [0, 0.1) is 18.3 Å². The zero-order valence-electron chi connectivity index (χ0n) is 4.88. The minimum atomic E-state index is 0.127. The lowest BCUT2D eigenvalue weighted by atomic mass is 10.3. The van der Waals surface area contributed by atoms with Gasteiger partial charge in [-0.15, -0.1) is 11.3 Å². The van der Waals surface area contributed by atoms with E-state index in [9.17, 15) is 0 Å². The van der Waals surface area contributed by atoms with Gasteiger partial charge in [-0.25, -0.2) is 0 Å². The van der Waals surface area contributed by atoms with E-state index in [0.29, 0.717) is 4.88 Å². The van der Waals surface area contributed by atoms with Crippen molar-refractivity contribution < 1.29 is 5.11 Å². The summed E-state index contributed by atoms with van der Waals surface area (Å²) in [5.74, 6) is 0.127. The standard InChI is InChI=1S/C6H5NOS/c1-4-3-9-5(2-7)6(4)8/h3,8H,1H3. The molecule has 1 aromatic rings. The molecule has 2 nitrogen and oxygen atoms in total. The average molecular weight is 139 g/mol. The highest BCUT2D eigenvalue weighted by molar-refractivity contribution is 7.11. The van der Waals surface area contributed by atoms with E-state index >= 15 is 0 Å². The fourth-order valence-corrected chi connectivity index (χ4v) is 1.25. The monoisotopic (exact) mass is 139 g/mol. The molecule has 0 bridgehead atoms. The molecule has 1 N–H and O–H groups in total. The molecule has 0 radical (unpaired) electrons. The highest BCUT2D eigenvalue weighted by atomic mass is 32.1. The molecule has 0 aliphatic rings. The van der Waals surface area contributed by atoms with Crippen LogP contribution >= 0.6 is 11.3 Å². The zero-order valence-corrected chi connectivity index (χ0v) is 5.70. The van der Waals surface area contributed by atoms with Crippen molar-refractivity contribution in [1.29, 1.82) is 5.26 Å². The molecule has 9 heavy (non-hydrogen) atoms. The first-order valence-electron chi connectivity index (χ1n) is 2.43. The van der Waals surface area contributed by atoms with Gasteiger partial charge in [0.15, 0.2) is 0 Å². The fraction of sp³-hybridized carbons (Fsp3) is 0.167. The maximum absolute atomic E-state index is 9.03. The quantitative estimate of drug-likeness (QED) is 0.593. The van der Waals surface area contributed by atoms with Crippen LogP contribution in [0.1, 0.15) is 10.4 Å². The lowest BCUT2D eigenvalue weighted by Gasteiger charge is -1.83. The van der Waals surface area contributed by atoms with Gasteiger partial charge in [0, 0.05) is 5.56 Å². The van der Waals surface area contributed by atoms with Crippen molar-refractivity contribution in [2.45, 2.75) is 6.92 Å². The molecule has 0 aliphatic carbocycles. The average Bonchev–Trinajstić information content (AvgIpc) is 2.15. The van der Waals surface area contributed by atoms with Crippen LogP contribution in [0.5, 0.6) is 5.75 Å². The van der Waals surface area contributed by atoms with Gasteiger partial charge >= 0.3 is 0 Å². The van der Waals surface area contributed by atoms with Gasteiger partial charge in [0.05, 0.1) is 0 Å². The second-order valence-corrected chi connectivity index (χ2v) is 2.59. The minimum Gasteiger partial charge on any atom is -0.505 e. The molecular weight excluding hydrogens is 134 g/mol. The third-order valence-electron chi connectivity index (χ3n) is 1.04. The lowest BCUT2D eigenvalue weighted by Crippen LogP contribution is -1.65. The van der Waals surface area contributed by atoms with Gasteiger partial charge < -0.3 is 5.11 Å². The summed E-state index contributed by atoms with van der Waals surface area (Å²) >= 11 is 1.27.